The number of rotatable bonds is 8. The predicted octanol–water partition coefficient (Wildman–Crippen LogP) is 4.04. The first-order valence-electron chi connectivity index (χ1n) is 12.9. The molecule has 2 amide bonds. The van der Waals surface area contributed by atoms with Crippen LogP contribution in [0.2, 0.25) is 0 Å². The van der Waals surface area contributed by atoms with Crippen LogP contribution >= 0.6 is 11.8 Å². The van der Waals surface area contributed by atoms with E-state index in [2.05, 4.69) is 4.74 Å². The molecule has 0 aliphatic carbocycles. The van der Waals surface area contributed by atoms with Gasteiger partial charge in [0.05, 0.1) is 32.4 Å². The summed E-state index contributed by atoms with van der Waals surface area (Å²) in [6.07, 6.45) is 4.35. The maximum atomic E-state index is 12.1. The van der Waals surface area contributed by atoms with Crippen LogP contribution in [0.25, 0.3) is 0 Å². The van der Waals surface area contributed by atoms with Gasteiger partial charge in [-0.15, -0.1) is 0 Å². The number of esters is 1. The largest absolute Gasteiger partial charge is 0.469 e. The van der Waals surface area contributed by atoms with E-state index in [-0.39, 0.29) is 30.8 Å². The number of thioether (sulfide) groups is 1. The van der Waals surface area contributed by atoms with Crippen LogP contribution in [0.3, 0.4) is 0 Å². The van der Waals surface area contributed by atoms with Crippen molar-refractivity contribution in [2.45, 2.75) is 96.9 Å². The van der Waals surface area contributed by atoms with Crippen LogP contribution in [-0.4, -0.2) is 104 Å². The maximum Gasteiger partial charge on any atom is 0.410 e. The maximum absolute atomic E-state index is 12.1. The van der Waals surface area contributed by atoms with E-state index in [4.69, 9.17) is 13.7 Å². The van der Waals surface area contributed by atoms with E-state index < -0.39 is 27.4 Å². The normalized spacial score (nSPS) is 20.0. The highest BCUT2D eigenvalue weighted by Crippen LogP contribution is 2.24. The third kappa shape index (κ3) is 14.4. The molecule has 0 unspecified atom stereocenters. The van der Waals surface area contributed by atoms with Gasteiger partial charge in [0.25, 0.3) is 10.1 Å². The predicted molar refractivity (Wildman–Crippen MR) is 147 cm³/mol. The van der Waals surface area contributed by atoms with Crippen molar-refractivity contribution in [1.82, 2.24) is 9.80 Å². The summed E-state index contributed by atoms with van der Waals surface area (Å²) >= 11 is 1.68. The number of amides is 2. The molecule has 13 heteroatoms. The topological polar surface area (TPSA) is 129 Å². The van der Waals surface area contributed by atoms with Crippen molar-refractivity contribution >= 4 is 40.0 Å². The SMILES string of the molecule is CC(C)(C)OC(=O)N1CCC[C@H]1COS(C)(=O)=O.COC(=O)CCSC[C@@H]1CCCN1C(=O)OC(C)(C)C. The van der Waals surface area contributed by atoms with Gasteiger partial charge in [0.1, 0.15) is 11.2 Å². The quantitative estimate of drug-likeness (QED) is 0.179. The van der Waals surface area contributed by atoms with E-state index in [1.54, 1.807) is 32.5 Å². The van der Waals surface area contributed by atoms with Gasteiger partial charge in [-0.05, 0) is 67.2 Å². The Bertz CT molecular complexity index is 882. The first-order chi connectivity index (χ1) is 17.4. The Hall–Kier alpha value is -1.73. The van der Waals surface area contributed by atoms with Crippen LogP contribution in [0, 0.1) is 0 Å². The molecule has 2 atom stereocenters. The molecule has 11 nitrogen and oxygen atoms in total. The molecule has 0 aromatic rings. The van der Waals surface area contributed by atoms with Gasteiger partial charge in [-0.25, -0.2) is 9.59 Å². The van der Waals surface area contributed by atoms with Gasteiger partial charge < -0.3 is 24.0 Å². The molecule has 2 aliphatic heterocycles. The second kappa shape index (κ2) is 15.2. The highest BCUT2D eigenvalue weighted by molar-refractivity contribution is 7.99. The van der Waals surface area contributed by atoms with Crippen molar-refractivity contribution in [3.05, 3.63) is 0 Å². The van der Waals surface area contributed by atoms with E-state index in [1.807, 2.05) is 25.7 Å². The molecule has 2 aliphatic rings. The number of carbonyl (C=O) groups excluding carboxylic acids is 3. The Balaban J connectivity index is 0.000000382. The summed E-state index contributed by atoms with van der Waals surface area (Å²) in [7, 11) is -2.08. The molecule has 222 valence electrons. The van der Waals surface area contributed by atoms with E-state index in [9.17, 15) is 22.8 Å². The Kier molecular flexibility index (Phi) is 13.7. The molecule has 2 saturated heterocycles. The first-order valence-corrected chi connectivity index (χ1v) is 15.9. The second-order valence-electron chi connectivity index (χ2n) is 11.3. The minimum atomic E-state index is -3.47. The van der Waals surface area contributed by atoms with Gasteiger partial charge >= 0.3 is 18.2 Å². The molecule has 0 aromatic carbocycles. The van der Waals surface area contributed by atoms with Gasteiger partial charge in [0.15, 0.2) is 0 Å². The summed E-state index contributed by atoms with van der Waals surface area (Å²) in [4.78, 5) is 38.3. The van der Waals surface area contributed by atoms with Crippen molar-refractivity contribution in [3.63, 3.8) is 0 Å². The Morgan fingerprint density at radius 1 is 0.868 bits per heavy atom. The molecule has 2 fully saturated rings. The van der Waals surface area contributed by atoms with Crippen LogP contribution in [-0.2, 0) is 33.3 Å². The minimum Gasteiger partial charge on any atom is -0.469 e. The van der Waals surface area contributed by atoms with Crippen LogP contribution < -0.4 is 0 Å². The number of ether oxygens (including phenoxy) is 3. The zero-order valence-electron chi connectivity index (χ0n) is 24.1. The van der Waals surface area contributed by atoms with Crippen molar-refractivity contribution in [1.29, 1.82) is 0 Å². The zero-order chi connectivity index (χ0) is 29.1. The molecule has 0 radical (unpaired) electrons. The lowest BCUT2D eigenvalue weighted by Gasteiger charge is -2.28. The number of nitrogens with zero attached hydrogens (tertiary/aromatic N) is 2. The average molecular weight is 583 g/mol. The fourth-order valence-corrected chi connectivity index (χ4v) is 5.32. The minimum absolute atomic E-state index is 0.00191. The summed E-state index contributed by atoms with van der Waals surface area (Å²) in [5, 5.41) is 0. The van der Waals surface area contributed by atoms with Gasteiger partial charge in [-0.1, -0.05) is 0 Å². The van der Waals surface area contributed by atoms with Crippen LogP contribution in [0.5, 0.6) is 0 Å². The Morgan fingerprint density at radius 2 is 1.34 bits per heavy atom. The third-order valence-corrected chi connectivity index (χ3v) is 7.15. The molecule has 0 bridgehead atoms. The molecule has 0 spiro atoms. The molecule has 38 heavy (non-hydrogen) atoms. The fourth-order valence-electron chi connectivity index (χ4n) is 3.82. The molecular formula is C25H46N2O9S2. The summed E-state index contributed by atoms with van der Waals surface area (Å²) < 4.78 is 41.9. The van der Waals surface area contributed by atoms with Crippen molar-refractivity contribution in [2.24, 2.45) is 0 Å². The smallest absolute Gasteiger partial charge is 0.410 e. The fraction of sp³-hybridized carbons (Fsp3) is 0.880. The number of carbonyl (C=O) groups is 3. The van der Waals surface area contributed by atoms with Gasteiger partial charge in [-0.2, -0.15) is 20.2 Å². The molecule has 0 saturated carbocycles. The first kappa shape index (κ1) is 34.3. The Morgan fingerprint density at radius 3 is 1.79 bits per heavy atom. The monoisotopic (exact) mass is 582 g/mol. The van der Waals surface area contributed by atoms with E-state index in [0.717, 1.165) is 50.0 Å². The lowest BCUT2D eigenvalue weighted by atomic mass is 10.2. The van der Waals surface area contributed by atoms with Gasteiger partial charge in [0.2, 0.25) is 0 Å². The summed E-state index contributed by atoms with van der Waals surface area (Å²) in [5.41, 5.74) is -1.01. The summed E-state index contributed by atoms with van der Waals surface area (Å²) in [6, 6.07) is -0.0120. The molecule has 2 heterocycles. The Labute approximate surface area is 232 Å². The molecule has 0 aromatic heterocycles. The number of methoxy groups -OCH3 is 1. The van der Waals surface area contributed by atoms with Crippen molar-refractivity contribution in [3.8, 4) is 0 Å². The summed E-state index contributed by atoms with van der Waals surface area (Å²) in [5.74, 6) is 1.38. The van der Waals surface area contributed by atoms with Crippen molar-refractivity contribution in [2.75, 3.05) is 44.6 Å². The third-order valence-electron chi connectivity index (χ3n) is 5.47. The second-order valence-corrected chi connectivity index (χ2v) is 14.1. The standard InChI is InChI=1S/C14H25NO4S.C11H21NO5S/c1-14(2,3)19-13(17)15-8-5-6-11(15)10-20-9-7-12(16)18-4;1-11(2,3)17-10(13)12-7-5-6-9(12)8-16-18(4,14)15/h11H,5-10H2,1-4H3;9H,5-8H2,1-4H3/t11-;9-/m00/s1. The number of hydrogen-bond acceptors (Lipinski definition) is 10. The lowest BCUT2D eigenvalue weighted by molar-refractivity contribution is -0.140. The van der Waals surface area contributed by atoms with Gasteiger partial charge in [-0.3, -0.25) is 8.98 Å². The zero-order valence-corrected chi connectivity index (χ0v) is 25.7. The van der Waals surface area contributed by atoms with Crippen LogP contribution in [0.1, 0.15) is 73.6 Å². The van der Waals surface area contributed by atoms with Crippen molar-refractivity contribution < 1.29 is 41.2 Å². The van der Waals surface area contributed by atoms with Crippen LogP contribution in [0.4, 0.5) is 9.59 Å². The molecular weight excluding hydrogens is 536 g/mol. The highest BCUT2D eigenvalue weighted by atomic mass is 32.2. The highest BCUT2D eigenvalue weighted by Gasteiger charge is 2.33. The molecule has 2 rings (SSSR count). The molecule has 0 N–H and O–H groups in total. The number of hydrogen-bond donors (Lipinski definition) is 0. The number of likely N-dealkylation sites (tertiary alicyclic amines) is 2. The average Bonchev–Trinajstić information content (AvgIpc) is 3.42. The summed E-state index contributed by atoms with van der Waals surface area (Å²) in [6.45, 7) is 12.3. The van der Waals surface area contributed by atoms with Gasteiger partial charge in [0, 0.05) is 30.6 Å². The van der Waals surface area contributed by atoms with Crippen LogP contribution in [0.15, 0.2) is 0 Å². The lowest BCUT2D eigenvalue weighted by Crippen LogP contribution is -2.42. The van der Waals surface area contributed by atoms with E-state index in [1.165, 1.54) is 12.0 Å². The van der Waals surface area contributed by atoms with E-state index >= 15 is 0 Å². The van der Waals surface area contributed by atoms with E-state index in [0.29, 0.717) is 13.0 Å².